The summed E-state index contributed by atoms with van der Waals surface area (Å²) >= 11 is 0. The summed E-state index contributed by atoms with van der Waals surface area (Å²) in [5.74, 6) is 0.482. The van der Waals surface area contributed by atoms with Crippen LogP contribution in [0.15, 0.2) is 72.0 Å². The first-order chi connectivity index (χ1) is 16.1. The SMILES string of the molecule is NC1=c2ncn([C@@H]3O[C@H](CO)[C@@H](O)[C@H]3O)c2=NCN1C(Cc1ccccc1)c1ccccc1. The minimum absolute atomic E-state index is 0.0513. The van der Waals surface area contributed by atoms with Crippen molar-refractivity contribution in [3.8, 4) is 0 Å². The molecule has 0 aliphatic carbocycles. The zero-order valence-corrected chi connectivity index (χ0v) is 18.0. The summed E-state index contributed by atoms with van der Waals surface area (Å²) in [6, 6.07) is 20.3. The van der Waals surface area contributed by atoms with E-state index in [2.05, 4.69) is 29.2 Å². The van der Waals surface area contributed by atoms with E-state index in [-0.39, 0.29) is 6.04 Å². The molecule has 0 saturated carbocycles. The Labute approximate surface area is 190 Å². The molecule has 5 rings (SSSR count). The van der Waals surface area contributed by atoms with Crippen molar-refractivity contribution in [1.82, 2.24) is 14.5 Å². The van der Waals surface area contributed by atoms with Crippen LogP contribution in [0.4, 0.5) is 0 Å². The van der Waals surface area contributed by atoms with Gasteiger partial charge in [-0.1, -0.05) is 60.7 Å². The topological polar surface area (TPSA) is 129 Å². The van der Waals surface area contributed by atoms with E-state index in [1.165, 1.54) is 11.9 Å². The molecule has 33 heavy (non-hydrogen) atoms. The summed E-state index contributed by atoms with van der Waals surface area (Å²) < 4.78 is 7.22. The van der Waals surface area contributed by atoms with E-state index in [0.717, 1.165) is 12.0 Å². The molecule has 9 nitrogen and oxygen atoms in total. The molecule has 1 fully saturated rings. The van der Waals surface area contributed by atoms with Crippen LogP contribution in [0.25, 0.3) is 5.82 Å². The second-order valence-corrected chi connectivity index (χ2v) is 8.32. The van der Waals surface area contributed by atoms with Crippen molar-refractivity contribution in [2.75, 3.05) is 13.3 Å². The summed E-state index contributed by atoms with van der Waals surface area (Å²) in [7, 11) is 0. The number of rotatable bonds is 6. The second-order valence-electron chi connectivity index (χ2n) is 8.32. The van der Waals surface area contributed by atoms with Gasteiger partial charge < -0.3 is 30.7 Å². The van der Waals surface area contributed by atoms with Crippen LogP contribution in [-0.4, -0.2) is 61.4 Å². The van der Waals surface area contributed by atoms with Crippen LogP contribution in [0.5, 0.6) is 0 Å². The van der Waals surface area contributed by atoms with Gasteiger partial charge >= 0.3 is 0 Å². The van der Waals surface area contributed by atoms with Crippen LogP contribution in [0.1, 0.15) is 23.4 Å². The highest BCUT2D eigenvalue weighted by atomic mass is 16.6. The van der Waals surface area contributed by atoms with Gasteiger partial charge in [-0.05, 0) is 17.5 Å². The lowest BCUT2D eigenvalue weighted by Crippen LogP contribution is -2.48. The molecule has 1 saturated heterocycles. The number of hydrogen-bond donors (Lipinski definition) is 4. The first kappa shape index (κ1) is 21.6. The van der Waals surface area contributed by atoms with Crippen molar-refractivity contribution in [2.45, 2.75) is 37.0 Å². The van der Waals surface area contributed by atoms with Gasteiger partial charge in [-0.2, -0.15) is 0 Å². The van der Waals surface area contributed by atoms with E-state index in [4.69, 9.17) is 15.5 Å². The molecule has 0 bridgehead atoms. The molecular weight excluding hydrogens is 422 g/mol. The Hall–Kier alpha value is -3.24. The van der Waals surface area contributed by atoms with Gasteiger partial charge in [0.1, 0.15) is 36.2 Å². The predicted octanol–water partition coefficient (Wildman–Crippen LogP) is -0.604. The number of aromatic nitrogens is 2. The van der Waals surface area contributed by atoms with E-state index < -0.39 is 31.1 Å². The maximum Gasteiger partial charge on any atom is 0.165 e. The highest BCUT2D eigenvalue weighted by Gasteiger charge is 2.44. The number of nitrogens with two attached hydrogens (primary N) is 1. The Kier molecular flexibility index (Phi) is 5.86. The summed E-state index contributed by atoms with van der Waals surface area (Å²) in [5.41, 5.74) is 9.40. The molecule has 5 atom stereocenters. The van der Waals surface area contributed by atoms with Crippen molar-refractivity contribution in [1.29, 1.82) is 0 Å². The minimum Gasteiger partial charge on any atom is -0.394 e. The molecule has 5 N–H and O–H groups in total. The number of hydrogen-bond acceptors (Lipinski definition) is 8. The van der Waals surface area contributed by atoms with Gasteiger partial charge in [0.05, 0.1) is 19.0 Å². The minimum atomic E-state index is -1.22. The molecule has 3 heterocycles. The number of imidazole rings is 1. The Bertz CT molecular complexity index is 1220. The zero-order valence-electron chi connectivity index (χ0n) is 18.0. The smallest absolute Gasteiger partial charge is 0.165 e. The molecule has 0 radical (unpaired) electrons. The summed E-state index contributed by atoms with van der Waals surface area (Å²) in [6.45, 7) is -0.102. The van der Waals surface area contributed by atoms with Crippen molar-refractivity contribution >= 4 is 5.82 Å². The largest absolute Gasteiger partial charge is 0.394 e. The van der Waals surface area contributed by atoms with E-state index >= 15 is 0 Å². The molecule has 0 amide bonds. The normalized spacial score (nSPS) is 25.5. The van der Waals surface area contributed by atoms with E-state index in [1.54, 1.807) is 4.57 Å². The van der Waals surface area contributed by atoms with Gasteiger partial charge in [-0.3, -0.25) is 4.57 Å². The van der Waals surface area contributed by atoms with Gasteiger partial charge in [-0.25, -0.2) is 9.98 Å². The number of ether oxygens (including phenoxy) is 1. The van der Waals surface area contributed by atoms with Crippen LogP contribution in [0, 0.1) is 0 Å². The molecule has 0 spiro atoms. The monoisotopic (exact) mass is 449 g/mol. The molecule has 172 valence electrons. The number of benzene rings is 2. The maximum absolute atomic E-state index is 10.4. The first-order valence-electron chi connectivity index (χ1n) is 10.9. The van der Waals surface area contributed by atoms with Gasteiger partial charge in [0, 0.05) is 0 Å². The van der Waals surface area contributed by atoms with Crippen LogP contribution in [0.3, 0.4) is 0 Å². The lowest BCUT2D eigenvalue weighted by molar-refractivity contribution is -0.0546. The fourth-order valence-electron chi connectivity index (χ4n) is 4.53. The maximum atomic E-state index is 10.4. The van der Waals surface area contributed by atoms with Gasteiger partial charge in [0.25, 0.3) is 0 Å². The van der Waals surface area contributed by atoms with Crippen molar-refractivity contribution in [2.24, 2.45) is 10.7 Å². The van der Waals surface area contributed by atoms with Crippen molar-refractivity contribution < 1.29 is 20.1 Å². The lowest BCUT2D eigenvalue weighted by Gasteiger charge is -2.34. The van der Waals surface area contributed by atoms with Crippen LogP contribution >= 0.6 is 0 Å². The van der Waals surface area contributed by atoms with Crippen molar-refractivity contribution in [3.05, 3.63) is 89.0 Å². The molecule has 2 aliphatic heterocycles. The fourth-order valence-corrected chi connectivity index (χ4v) is 4.53. The Balaban J connectivity index is 1.52. The van der Waals surface area contributed by atoms with Gasteiger partial charge in [-0.15, -0.1) is 0 Å². The van der Waals surface area contributed by atoms with E-state index in [0.29, 0.717) is 23.3 Å². The number of aliphatic hydroxyl groups is 3. The zero-order chi connectivity index (χ0) is 22.9. The Morgan fingerprint density at radius 2 is 1.73 bits per heavy atom. The van der Waals surface area contributed by atoms with Crippen LogP contribution in [-0.2, 0) is 11.2 Å². The highest BCUT2D eigenvalue weighted by molar-refractivity contribution is 5.40. The fraction of sp³-hybridized carbons (Fsp3) is 0.333. The molecule has 2 aromatic carbocycles. The van der Waals surface area contributed by atoms with Crippen LogP contribution < -0.4 is 16.6 Å². The number of fused-ring (bicyclic) bond motifs is 1. The predicted molar refractivity (Wildman–Crippen MR) is 120 cm³/mol. The van der Waals surface area contributed by atoms with E-state index in [9.17, 15) is 15.3 Å². The van der Waals surface area contributed by atoms with Crippen molar-refractivity contribution in [3.63, 3.8) is 0 Å². The first-order valence-corrected chi connectivity index (χ1v) is 10.9. The molecular formula is C24H27N5O4. The Morgan fingerprint density at radius 1 is 1.03 bits per heavy atom. The summed E-state index contributed by atoms with van der Waals surface area (Å²) in [6.07, 6.45) is -1.97. The standard InChI is InChI=1S/C24H27N5O4/c25-22-19-23(29(13-26-19)24-21(32)20(31)18(12-30)33-24)27-14-28(22)17(16-9-5-2-6-10-16)11-15-7-3-1-4-8-15/h1-10,13,17-18,20-21,24,30-32H,11-12,14,25H2/t17?,18-,20-,21-,24-/m1/s1. The summed E-state index contributed by atoms with van der Waals surface area (Å²) in [4.78, 5) is 11.2. The third kappa shape index (κ3) is 3.89. The molecule has 1 aromatic heterocycles. The third-order valence-electron chi connectivity index (χ3n) is 6.32. The summed E-state index contributed by atoms with van der Waals surface area (Å²) in [5, 5.41) is 30.4. The molecule has 2 aliphatic rings. The molecule has 9 heteroatoms. The quantitative estimate of drug-likeness (QED) is 0.395. The lowest BCUT2D eigenvalue weighted by atomic mass is 9.97. The van der Waals surface area contributed by atoms with Gasteiger partial charge in [0.15, 0.2) is 11.7 Å². The molecule has 1 unspecified atom stereocenters. The second kappa shape index (κ2) is 8.95. The number of aliphatic hydroxyl groups excluding tert-OH is 3. The number of nitrogens with zero attached hydrogens (tertiary/aromatic N) is 4. The van der Waals surface area contributed by atoms with E-state index in [1.807, 2.05) is 41.3 Å². The average molecular weight is 450 g/mol. The third-order valence-corrected chi connectivity index (χ3v) is 6.32. The average Bonchev–Trinajstić information content (AvgIpc) is 3.40. The molecule has 3 aromatic rings. The van der Waals surface area contributed by atoms with Crippen LogP contribution in [0.2, 0.25) is 0 Å². The highest BCUT2D eigenvalue weighted by Crippen LogP contribution is 2.29. The Morgan fingerprint density at radius 3 is 2.39 bits per heavy atom. The van der Waals surface area contributed by atoms with Gasteiger partial charge in [0.2, 0.25) is 0 Å².